The third-order valence-electron chi connectivity index (χ3n) is 2.89. The maximum absolute atomic E-state index is 5.95. The quantitative estimate of drug-likeness (QED) is 0.482. The van der Waals surface area contributed by atoms with E-state index in [1.807, 2.05) is 42.5 Å². The van der Waals surface area contributed by atoms with Crippen LogP contribution in [0.2, 0.25) is 0 Å². The highest BCUT2D eigenvalue weighted by molar-refractivity contribution is 7.99. The van der Waals surface area contributed by atoms with Crippen LogP contribution in [0.5, 0.6) is 17.2 Å². The van der Waals surface area contributed by atoms with Crippen molar-refractivity contribution in [3.63, 3.8) is 0 Å². The molecule has 0 aliphatic rings. The summed E-state index contributed by atoms with van der Waals surface area (Å²) in [6.45, 7) is 0.571. The molecule has 2 aromatic rings. The van der Waals surface area contributed by atoms with Gasteiger partial charge in [0.15, 0.2) is 11.5 Å². The van der Waals surface area contributed by atoms with Crippen LogP contribution in [0.15, 0.2) is 47.4 Å². The lowest BCUT2D eigenvalue weighted by Gasteiger charge is -2.11. The number of rotatable bonds is 7. The van der Waals surface area contributed by atoms with Gasteiger partial charge in [-0.05, 0) is 30.3 Å². The zero-order valence-corrected chi connectivity index (χ0v) is 13.0. The van der Waals surface area contributed by atoms with Crippen LogP contribution < -0.4 is 19.9 Å². The second-order valence-electron chi connectivity index (χ2n) is 4.25. The number of hydrogen-bond acceptors (Lipinski definition) is 5. The van der Waals surface area contributed by atoms with Gasteiger partial charge in [0.2, 0.25) is 0 Å². The number of benzene rings is 2. The molecule has 0 radical (unpaired) electrons. The summed E-state index contributed by atoms with van der Waals surface area (Å²) in [5, 5.41) is 0. The Labute approximate surface area is 129 Å². The van der Waals surface area contributed by atoms with E-state index in [-0.39, 0.29) is 0 Å². The number of thioether (sulfide) groups is 1. The van der Waals surface area contributed by atoms with Crippen molar-refractivity contribution in [2.24, 2.45) is 0 Å². The van der Waals surface area contributed by atoms with Gasteiger partial charge in [-0.2, -0.15) is 0 Å². The molecule has 0 aliphatic heterocycles. The van der Waals surface area contributed by atoms with E-state index in [0.717, 1.165) is 33.6 Å². The second-order valence-corrected chi connectivity index (χ2v) is 5.39. The number of nitrogens with two attached hydrogens (primary N) is 1. The van der Waals surface area contributed by atoms with Crippen LogP contribution in [-0.2, 0) is 0 Å². The molecule has 0 saturated heterocycles. The average molecular weight is 305 g/mol. The Morgan fingerprint density at radius 1 is 1.00 bits per heavy atom. The Hall–Kier alpha value is -2.01. The average Bonchev–Trinajstić information content (AvgIpc) is 2.53. The number of anilines is 1. The van der Waals surface area contributed by atoms with Crippen molar-refractivity contribution in [2.45, 2.75) is 4.90 Å². The van der Waals surface area contributed by atoms with Gasteiger partial charge in [0.05, 0.1) is 20.8 Å². The maximum atomic E-state index is 5.95. The predicted molar refractivity (Wildman–Crippen MR) is 86.6 cm³/mol. The van der Waals surface area contributed by atoms with Crippen LogP contribution >= 0.6 is 11.8 Å². The lowest BCUT2D eigenvalue weighted by Crippen LogP contribution is -2.02. The number of hydrogen-bond donors (Lipinski definition) is 1. The van der Waals surface area contributed by atoms with E-state index < -0.39 is 0 Å². The molecule has 2 rings (SSSR count). The Balaban J connectivity index is 1.87. The molecule has 21 heavy (non-hydrogen) atoms. The molecule has 2 N–H and O–H groups in total. The van der Waals surface area contributed by atoms with Crippen molar-refractivity contribution in [1.82, 2.24) is 0 Å². The fourth-order valence-corrected chi connectivity index (χ4v) is 2.63. The smallest absolute Gasteiger partial charge is 0.161 e. The Morgan fingerprint density at radius 3 is 2.48 bits per heavy atom. The van der Waals surface area contributed by atoms with Crippen LogP contribution in [-0.4, -0.2) is 26.6 Å². The molecular formula is C16H19NO3S. The summed E-state index contributed by atoms with van der Waals surface area (Å²) in [6.07, 6.45) is 0. The van der Waals surface area contributed by atoms with Gasteiger partial charge in [0.25, 0.3) is 0 Å². The molecule has 0 aliphatic carbocycles. The highest BCUT2D eigenvalue weighted by atomic mass is 32.2. The molecule has 4 nitrogen and oxygen atoms in total. The van der Waals surface area contributed by atoms with E-state index in [9.17, 15) is 0 Å². The van der Waals surface area contributed by atoms with Gasteiger partial charge >= 0.3 is 0 Å². The van der Waals surface area contributed by atoms with E-state index >= 15 is 0 Å². The summed E-state index contributed by atoms with van der Waals surface area (Å²) >= 11 is 1.64. The Kier molecular flexibility index (Phi) is 5.63. The molecule has 0 bridgehead atoms. The van der Waals surface area contributed by atoms with Gasteiger partial charge in [-0.1, -0.05) is 12.1 Å². The van der Waals surface area contributed by atoms with Crippen LogP contribution in [0.1, 0.15) is 0 Å². The van der Waals surface area contributed by atoms with E-state index in [2.05, 4.69) is 0 Å². The molecule has 0 heterocycles. The molecule has 0 saturated carbocycles. The first kappa shape index (κ1) is 15.4. The second kappa shape index (κ2) is 7.69. The number of nitrogen functional groups attached to an aromatic ring is 1. The van der Waals surface area contributed by atoms with Gasteiger partial charge in [-0.15, -0.1) is 11.8 Å². The zero-order chi connectivity index (χ0) is 15.1. The van der Waals surface area contributed by atoms with Crippen LogP contribution in [0.3, 0.4) is 0 Å². The summed E-state index contributed by atoms with van der Waals surface area (Å²) in [6, 6.07) is 13.2. The molecule has 2 aromatic carbocycles. The third-order valence-corrected chi connectivity index (χ3v) is 3.92. The minimum Gasteiger partial charge on any atom is -0.497 e. The summed E-state index contributed by atoms with van der Waals surface area (Å²) in [4.78, 5) is 0.998. The van der Waals surface area contributed by atoms with Crippen molar-refractivity contribution < 1.29 is 14.2 Å². The summed E-state index contributed by atoms with van der Waals surface area (Å²) in [5.41, 5.74) is 6.69. The molecule has 5 heteroatoms. The van der Waals surface area contributed by atoms with Gasteiger partial charge in [-0.3, -0.25) is 0 Å². The molecule has 0 atom stereocenters. The van der Waals surface area contributed by atoms with Crippen LogP contribution in [0, 0.1) is 0 Å². The SMILES string of the molecule is COc1ccc(N)c(SCCOc2ccccc2OC)c1. The summed E-state index contributed by atoms with van der Waals surface area (Å²) < 4.78 is 16.2. The minimum absolute atomic E-state index is 0.571. The van der Waals surface area contributed by atoms with E-state index in [1.54, 1.807) is 26.0 Å². The summed E-state index contributed by atoms with van der Waals surface area (Å²) in [5.74, 6) is 3.08. The van der Waals surface area contributed by atoms with Gasteiger partial charge in [0.1, 0.15) is 5.75 Å². The van der Waals surface area contributed by atoms with E-state index in [0.29, 0.717) is 6.61 Å². The van der Waals surface area contributed by atoms with Crippen molar-refractivity contribution >= 4 is 17.4 Å². The van der Waals surface area contributed by atoms with Gasteiger partial charge in [0, 0.05) is 16.3 Å². The van der Waals surface area contributed by atoms with Crippen molar-refractivity contribution in [3.8, 4) is 17.2 Å². The predicted octanol–water partition coefficient (Wildman–Crippen LogP) is 3.46. The van der Waals surface area contributed by atoms with Crippen molar-refractivity contribution in [3.05, 3.63) is 42.5 Å². The van der Waals surface area contributed by atoms with Gasteiger partial charge in [-0.25, -0.2) is 0 Å². The van der Waals surface area contributed by atoms with Crippen molar-refractivity contribution in [2.75, 3.05) is 32.3 Å². The number of methoxy groups -OCH3 is 2. The maximum Gasteiger partial charge on any atom is 0.161 e. The first-order valence-corrected chi connectivity index (χ1v) is 7.55. The third kappa shape index (κ3) is 4.23. The lowest BCUT2D eigenvalue weighted by atomic mass is 10.3. The molecule has 0 spiro atoms. The molecule has 0 fully saturated rings. The first-order chi connectivity index (χ1) is 10.2. The monoisotopic (exact) mass is 305 g/mol. The van der Waals surface area contributed by atoms with E-state index in [1.165, 1.54) is 0 Å². The summed E-state index contributed by atoms with van der Waals surface area (Å²) in [7, 11) is 3.28. The standard InChI is InChI=1S/C16H19NO3S/c1-18-12-7-8-13(17)16(11-12)21-10-9-20-15-6-4-3-5-14(15)19-2/h3-8,11H,9-10,17H2,1-2H3. The number of ether oxygens (including phenoxy) is 3. The zero-order valence-electron chi connectivity index (χ0n) is 12.2. The minimum atomic E-state index is 0.571. The molecule has 0 amide bonds. The molecular weight excluding hydrogens is 286 g/mol. The molecule has 112 valence electrons. The topological polar surface area (TPSA) is 53.7 Å². The highest BCUT2D eigenvalue weighted by Crippen LogP contribution is 2.30. The van der Waals surface area contributed by atoms with Crippen molar-refractivity contribution in [1.29, 1.82) is 0 Å². The highest BCUT2D eigenvalue weighted by Gasteiger charge is 2.05. The Bertz CT molecular complexity index is 589. The Morgan fingerprint density at radius 2 is 1.76 bits per heavy atom. The van der Waals surface area contributed by atoms with Crippen LogP contribution in [0.4, 0.5) is 5.69 Å². The first-order valence-electron chi connectivity index (χ1n) is 6.56. The fraction of sp³-hybridized carbons (Fsp3) is 0.250. The normalized spacial score (nSPS) is 10.2. The lowest BCUT2D eigenvalue weighted by molar-refractivity contribution is 0.313. The molecule has 0 unspecified atom stereocenters. The molecule has 0 aromatic heterocycles. The van der Waals surface area contributed by atoms with Gasteiger partial charge < -0.3 is 19.9 Å². The number of para-hydroxylation sites is 2. The largest absolute Gasteiger partial charge is 0.497 e. The van der Waals surface area contributed by atoms with E-state index in [4.69, 9.17) is 19.9 Å². The van der Waals surface area contributed by atoms with Crippen LogP contribution in [0.25, 0.3) is 0 Å². The fourth-order valence-electron chi connectivity index (χ4n) is 1.81.